The molecule has 1 atom stereocenters. The minimum absolute atomic E-state index is 0.0577. The molecular formula is C23H26N4O4S3. The number of hydrogen-bond donors (Lipinski definition) is 0. The van der Waals surface area contributed by atoms with Crippen LogP contribution in [0, 0.1) is 6.92 Å². The Labute approximate surface area is 207 Å². The van der Waals surface area contributed by atoms with Crippen molar-refractivity contribution in [3.05, 3.63) is 44.7 Å². The number of carbonyl (C=O) groups is 1. The van der Waals surface area contributed by atoms with Gasteiger partial charge in [0.2, 0.25) is 0 Å². The summed E-state index contributed by atoms with van der Waals surface area (Å²) in [5, 5.41) is 0. The molecule has 0 N–H and O–H groups in total. The second-order valence-electron chi connectivity index (χ2n) is 9.05. The highest BCUT2D eigenvalue weighted by Crippen LogP contribution is 2.37. The molecule has 3 aliphatic rings. The van der Waals surface area contributed by atoms with Crippen molar-refractivity contribution in [2.75, 3.05) is 29.5 Å². The van der Waals surface area contributed by atoms with Crippen molar-refractivity contribution in [2.45, 2.75) is 45.1 Å². The van der Waals surface area contributed by atoms with Crippen molar-refractivity contribution in [2.24, 2.45) is 0 Å². The highest BCUT2D eigenvalue weighted by molar-refractivity contribution is 8.26. The van der Waals surface area contributed by atoms with Crippen molar-refractivity contribution in [1.82, 2.24) is 14.3 Å². The Balaban J connectivity index is 1.61. The molecule has 34 heavy (non-hydrogen) atoms. The number of amides is 1. The molecule has 0 aromatic carbocycles. The number of pyridine rings is 1. The predicted molar refractivity (Wildman–Crippen MR) is 139 cm³/mol. The Morgan fingerprint density at radius 3 is 2.59 bits per heavy atom. The number of thioether (sulfide) groups is 1. The normalized spacial score (nSPS) is 24.4. The molecule has 0 saturated carbocycles. The average molecular weight is 519 g/mol. The van der Waals surface area contributed by atoms with E-state index in [0.717, 1.165) is 56.1 Å². The van der Waals surface area contributed by atoms with Gasteiger partial charge in [-0.05, 0) is 43.9 Å². The van der Waals surface area contributed by atoms with E-state index in [1.54, 1.807) is 18.3 Å². The maximum atomic E-state index is 13.6. The van der Waals surface area contributed by atoms with Crippen LogP contribution in [0.5, 0.6) is 0 Å². The molecule has 2 aromatic heterocycles. The van der Waals surface area contributed by atoms with Gasteiger partial charge in [-0.15, -0.1) is 0 Å². The van der Waals surface area contributed by atoms with Crippen molar-refractivity contribution < 1.29 is 13.2 Å². The monoisotopic (exact) mass is 518 g/mol. The number of fused-ring (bicyclic) bond motifs is 1. The fraction of sp³-hybridized carbons (Fsp3) is 0.478. The molecule has 5 rings (SSSR count). The van der Waals surface area contributed by atoms with Crippen molar-refractivity contribution in [1.29, 1.82) is 0 Å². The Morgan fingerprint density at radius 2 is 1.91 bits per heavy atom. The predicted octanol–water partition coefficient (Wildman–Crippen LogP) is 2.77. The Kier molecular flexibility index (Phi) is 6.28. The van der Waals surface area contributed by atoms with Gasteiger partial charge in [0.1, 0.15) is 15.8 Å². The molecule has 0 aliphatic carbocycles. The van der Waals surface area contributed by atoms with Gasteiger partial charge in [-0.25, -0.2) is 13.4 Å². The lowest BCUT2D eigenvalue weighted by atomic mass is 10.2. The van der Waals surface area contributed by atoms with E-state index in [-0.39, 0.29) is 23.0 Å². The van der Waals surface area contributed by atoms with Crippen molar-refractivity contribution >= 4 is 61.6 Å². The number of aryl methyl sites for hydroxylation is 1. The van der Waals surface area contributed by atoms with Crippen LogP contribution in [0.2, 0.25) is 0 Å². The summed E-state index contributed by atoms with van der Waals surface area (Å²) in [6.07, 6.45) is 7.99. The molecule has 11 heteroatoms. The second kappa shape index (κ2) is 9.09. The number of anilines is 1. The molecule has 0 spiro atoms. The highest BCUT2D eigenvalue weighted by Gasteiger charge is 2.42. The number of thiocarbonyl (C=S) groups is 1. The summed E-state index contributed by atoms with van der Waals surface area (Å²) in [6.45, 7) is 3.53. The lowest BCUT2D eigenvalue weighted by molar-refractivity contribution is -0.123. The van der Waals surface area contributed by atoms with Crippen LogP contribution in [-0.4, -0.2) is 63.6 Å². The first kappa shape index (κ1) is 23.5. The molecule has 1 unspecified atom stereocenters. The van der Waals surface area contributed by atoms with Gasteiger partial charge < -0.3 is 4.90 Å². The lowest BCUT2D eigenvalue weighted by Crippen LogP contribution is -2.39. The zero-order chi connectivity index (χ0) is 24.0. The lowest BCUT2D eigenvalue weighted by Gasteiger charge is -2.24. The number of hydrogen-bond acceptors (Lipinski definition) is 8. The van der Waals surface area contributed by atoms with E-state index in [1.165, 1.54) is 9.30 Å². The minimum atomic E-state index is -3.17. The summed E-state index contributed by atoms with van der Waals surface area (Å²) in [6, 6.07) is 3.28. The molecule has 3 aliphatic heterocycles. The van der Waals surface area contributed by atoms with E-state index < -0.39 is 15.9 Å². The number of nitrogens with zero attached hydrogens (tertiary/aromatic N) is 4. The van der Waals surface area contributed by atoms with Crippen LogP contribution in [0.1, 0.15) is 43.2 Å². The topological polar surface area (TPSA) is 92.1 Å². The molecule has 0 bridgehead atoms. The summed E-state index contributed by atoms with van der Waals surface area (Å²) >= 11 is 6.57. The third kappa shape index (κ3) is 4.29. The van der Waals surface area contributed by atoms with Crippen molar-refractivity contribution in [3.8, 4) is 0 Å². The van der Waals surface area contributed by atoms with E-state index in [9.17, 15) is 18.0 Å². The van der Waals surface area contributed by atoms with Gasteiger partial charge in [0, 0.05) is 19.3 Å². The molecule has 180 valence electrons. The van der Waals surface area contributed by atoms with E-state index >= 15 is 0 Å². The zero-order valence-electron chi connectivity index (χ0n) is 18.9. The van der Waals surface area contributed by atoms with Gasteiger partial charge in [0.05, 0.1) is 28.0 Å². The largest absolute Gasteiger partial charge is 0.356 e. The summed E-state index contributed by atoms with van der Waals surface area (Å²) in [7, 11) is -3.17. The standard InChI is InChI=1S/C23H26N4O4S3/c1-15-7-6-11-26-19(15)24-20(25-9-4-2-3-5-10-25)17(21(26)28)13-18-22(29)27(23(32)33-18)16-8-12-34(30,31)14-16/h6-7,11,13,16H,2-5,8-10,12,14H2,1H3. The number of sulfone groups is 1. The first-order chi connectivity index (χ1) is 16.2. The van der Waals surface area contributed by atoms with E-state index in [0.29, 0.717) is 32.7 Å². The quantitative estimate of drug-likeness (QED) is 0.453. The van der Waals surface area contributed by atoms with Gasteiger partial charge in [0.15, 0.2) is 9.84 Å². The Hall–Kier alpha value is -2.24. The van der Waals surface area contributed by atoms with Crippen LogP contribution in [0.4, 0.5) is 5.82 Å². The van der Waals surface area contributed by atoms with Gasteiger partial charge in [-0.1, -0.05) is 42.9 Å². The molecule has 8 nitrogen and oxygen atoms in total. The summed E-state index contributed by atoms with van der Waals surface area (Å²) in [5.41, 5.74) is 1.63. The van der Waals surface area contributed by atoms with E-state index in [2.05, 4.69) is 4.90 Å². The molecule has 0 radical (unpaired) electrons. The van der Waals surface area contributed by atoms with Crippen LogP contribution >= 0.6 is 24.0 Å². The number of aromatic nitrogens is 2. The minimum Gasteiger partial charge on any atom is -0.356 e. The maximum Gasteiger partial charge on any atom is 0.267 e. The third-order valence-electron chi connectivity index (χ3n) is 6.64. The molecule has 1 amide bonds. The fourth-order valence-corrected chi connectivity index (χ4v) is 7.94. The summed E-state index contributed by atoms with van der Waals surface area (Å²) in [5.74, 6) is 0.232. The maximum absolute atomic E-state index is 13.6. The van der Waals surface area contributed by atoms with Crippen LogP contribution in [0.15, 0.2) is 28.0 Å². The molecule has 3 fully saturated rings. The molecule has 3 saturated heterocycles. The molecular weight excluding hydrogens is 492 g/mol. The van der Waals surface area contributed by atoms with Gasteiger partial charge >= 0.3 is 0 Å². The summed E-state index contributed by atoms with van der Waals surface area (Å²) < 4.78 is 25.8. The van der Waals surface area contributed by atoms with Crippen LogP contribution < -0.4 is 10.5 Å². The number of carbonyl (C=O) groups excluding carboxylic acids is 1. The Morgan fingerprint density at radius 1 is 1.18 bits per heavy atom. The third-order valence-corrected chi connectivity index (χ3v) is 9.72. The van der Waals surface area contributed by atoms with Crippen molar-refractivity contribution in [3.63, 3.8) is 0 Å². The highest BCUT2D eigenvalue weighted by atomic mass is 32.2. The van der Waals surface area contributed by atoms with E-state index in [1.807, 2.05) is 13.0 Å². The second-order valence-corrected chi connectivity index (χ2v) is 13.0. The van der Waals surface area contributed by atoms with Gasteiger partial charge in [0.25, 0.3) is 11.5 Å². The van der Waals surface area contributed by atoms with E-state index in [4.69, 9.17) is 17.2 Å². The molecule has 5 heterocycles. The zero-order valence-corrected chi connectivity index (χ0v) is 21.3. The fourth-order valence-electron chi connectivity index (χ4n) is 4.86. The van der Waals surface area contributed by atoms with Gasteiger partial charge in [-0.3, -0.25) is 18.9 Å². The van der Waals surface area contributed by atoms with Crippen LogP contribution in [0.25, 0.3) is 11.7 Å². The first-order valence-electron chi connectivity index (χ1n) is 11.5. The smallest absolute Gasteiger partial charge is 0.267 e. The SMILES string of the molecule is Cc1cccn2c(=O)c(C=C3SC(=S)N(C4CCS(=O)(=O)C4)C3=O)c(N3CCCCCC3)nc12. The Bertz CT molecular complexity index is 1370. The number of rotatable bonds is 3. The van der Waals surface area contributed by atoms with Crippen LogP contribution in [0.3, 0.4) is 0 Å². The molecule has 2 aromatic rings. The van der Waals surface area contributed by atoms with Crippen LogP contribution in [-0.2, 0) is 14.6 Å². The average Bonchev–Trinajstić information content (AvgIpc) is 3.13. The van der Waals surface area contributed by atoms with Gasteiger partial charge in [-0.2, -0.15) is 0 Å². The summed E-state index contributed by atoms with van der Waals surface area (Å²) in [4.78, 5) is 35.7. The first-order valence-corrected chi connectivity index (χ1v) is 14.5.